The minimum absolute atomic E-state index is 0. The lowest BCUT2D eigenvalue weighted by atomic mass is 9.92. The number of amides is 1. The third-order valence-corrected chi connectivity index (χ3v) is 6.17. The van der Waals surface area contributed by atoms with Gasteiger partial charge < -0.3 is 20.7 Å². The van der Waals surface area contributed by atoms with Crippen molar-refractivity contribution >= 4 is 35.8 Å². The lowest BCUT2D eigenvalue weighted by molar-refractivity contribution is -0.121. The van der Waals surface area contributed by atoms with Gasteiger partial charge in [0.25, 0.3) is 0 Å². The molecule has 1 aliphatic heterocycles. The molecule has 0 aromatic rings. The molecule has 0 bridgehead atoms. The number of halogens is 1. The molecule has 7 nitrogen and oxygen atoms in total. The number of nitrogens with one attached hydrogen (secondary N) is 3. The largest absolute Gasteiger partial charge is 0.379 e. The van der Waals surface area contributed by atoms with E-state index in [1.54, 1.807) is 7.05 Å². The number of ether oxygens (including phenoxy) is 1. The van der Waals surface area contributed by atoms with Crippen molar-refractivity contribution in [2.75, 3.05) is 46.4 Å². The average molecular weight is 524 g/mol. The second-order valence-electron chi connectivity index (χ2n) is 7.97. The Balaban J connectivity index is 0.00000420. The van der Waals surface area contributed by atoms with Crippen LogP contribution in [0.15, 0.2) is 4.99 Å². The number of guanidine groups is 1. The molecule has 1 saturated heterocycles. The van der Waals surface area contributed by atoms with Crippen LogP contribution in [0.4, 0.5) is 0 Å². The molecule has 3 N–H and O–H groups in total. The zero-order valence-corrected chi connectivity index (χ0v) is 20.9. The van der Waals surface area contributed by atoms with E-state index in [0.717, 1.165) is 51.6 Å². The van der Waals surface area contributed by atoms with Crippen molar-refractivity contribution in [3.05, 3.63) is 0 Å². The van der Waals surface area contributed by atoms with Crippen LogP contribution in [0.25, 0.3) is 0 Å². The summed E-state index contributed by atoms with van der Waals surface area (Å²) in [6.07, 6.45) is 7.56. The number of carbonyl (C=O) groups excluding carboxylic acids is 1. The summed E-state index contributed by atoms with van der Waals surface area (Å²) in [6.45, 7) is 9.65. The van der Waals surface area contributed by atoms with E-state index in [0.29, 0.717) is 31.0 Å². The third-order valence-electron chi connectivity index (χ3n) is 6.17. The van der Waals surface area contributed by atoms with Gasteiger partial charge >= 0.3 is 0 Å². The highest BCUT2D eigenvalue weighted by atomic mass is 127. The summed E-state index contributed by atoms with van der Waals surface area (Å²) < 4.78 is 5.53. The molecule has 1 heterocycles. The molecule has 0 aromatic carbocycles. The molecule has 1 saturated carbocycles. The predicted molar refractivity (Wildman–Crippen MR) is 130 cm³/mol. The predicted octanol–water partition coefficient (Wildman–Crippen LogP) is 2.36. The third kappa shape index (κ3) is 9.38. The summed E-state index contributed by atoms with van der Waals surface area (Å²) in [5.74, 6) is 1.57. The number of hydrogen-bond donors (Lipinski definition) is 3. The molecule has 0 spiro atoms. The van der Waals surface area contributed by atoms with Gasteiger partial charge in [-0.1, -0.05) is 39.5 Å². The lowest BCUT2D eigenvalue weighted by Crippen LogP contribution is -2.53. The quantitative estimate of drug-likeness (QED) is 0.233. The highest BCUT2D eigenvalue weighted by Crippen LogP contribution is 2.19. The van der Waals surface area contributed by atoms with Gasteiger partial charge in [0, 0.05) is 51.7 Å². The van der Waals surface area contributed by atoms with Crippen molar-refractivity contribution in [3.8, 4) is 0 Å². The first-order valence-corrected chi connectivity index (χ1v) is 11.2. The van der Waals surface area contributed by atoms with Gasteiger partial charge in [0.05, 0.1) is 13.2 Å². The first-order chi connectivity index (χ1) is 13.7. The summed E-state index contributed by atoms with van der Waals surface area (Å²) in [4.78, 5) is 19.0. The van der Waals surface area contributed by atoms with Crippen molar-refractivity contribution in [2.24, 2.45) is 10.9 Å². The van der Waals surface area contributed by atoms with Crippen LogP contribution >= 0.6 is 24.0 Å². The van der Waals surface area contributed by atoms with E-state index in [4.69, 9.17) is 4.74 Å². The fourth-order valence-electron chi connectivity index (χ4n) is 4.42. The highest BCUT2D eigenvalue weighted by Gasteiger charge is 2.27. The first kappa shape index (κ1) is 26.4. The monoisotopic (exact) mass is 523 g/mol. The fraction of sp³-hybridized carbons (Fsp3) is 0.905. The number of hydrogen-bond acceptors (Lipinski definition) is 4. The second-order valence-corrected chi connectivity index (χ2v) is 7.97. The normalized spacial score (nSPS) is 19.7. The van der Waals surface area contributed by atoms with Crippen LogP contribution in [0.3, 0.4) is 0 Å². The SMILES string of the molecule is CCC(CC)C(CNC(=NC)NCCC(=O)NC1CCCC1)N1CCOCC1.I. The molecule has 2 fully saturated rings. The molecule has 29 heavy (non-hydrogen) atoms. The summed E-state index contributed by atoms with van der Waals surface area (Å²) in [7, 11) is 1.79. The number of carbonyl (C=O) groups is 1. The summed E-state index contributed by atoms with van der Waals surface area (Å²) in [5.41, 5.74) is 0. The Hall–Kier alpha value is -0.610. The molecule has 1 unspecified atom stereocenters. The Morgan fingerprint density at radius 2 is 1.79 bits per heavy atom. The van der Waals surface area contributed by atoms with Gasteiger partial charge in [0.1, 0.15) is 0 Å². The van der Waals surface area contributed by atoms with Gasteiger partial charge in [-0.25, -0.2) is 0 Å². The Labute approximate surface area is 194 Å². The molecule has 170 valence electrons. The molecular weight excluding hydrogens is 481 g/mol. The Morgan fingerprint density at radius 3 is 2.38 bits per heavy atom. The van der Waals surface area contributed by atoms with Crippen LogP contribution in [0.1, 0.15) is 58.8 Å². The molecular formula is C21H42IN5O2. The Morgan fingerprint density at radius 1 is 1.14 bits per heavy atom. The fourth-order valence-corrected chi connectivity index (χ4v) is 4.42. The number of nitrogens with zero attached hydrogens (tertiary/aromatic N) is 2. The Kier molecular flexibility index (Phi) is 13.9. The minimum Gasteiger partial charge on any atom is -0.379 e. The van der Waals surface area contributed by atoms with Crippen LogP contribution in [0.5, 0.6) is 0 Å². The molecule has 0 aromatic heterocycles. The maximum absolute atomic E-state index is 12.1. The van der Waals surface area contributed by atoms with Crippen LogP contribution in [0, 0.1) is 5.92 Å². The molecule has 1 atom stereocenters. The maximum atomic E-state index is 12.1. The van der Waals surface area contributed by atoms with Crippen LogP contribution in [-0.2, 0) is 9.53 Å². The average Bonchev–Trinajstić information content (AvgIpc) is 3.23. The van der Waals surface area contributed by atoms with Crippen molar-refractivity contribution in [2.45, 2.75) is 70.9 Å². The van der Waals surface area contributed by atoms with Crippen molar-refractivity contribution in [3.63, 3.8) is 0 Å². The summed E-state index contributed by atoms with van der Waals surface area (Å²) >= 11 is 0. The maximum Gasteiger partial charge on any atom is 0.221 e. The standard InChI is InChI=1S/C21H41N5O2.HI/c1-4-17(5-2)19(26-12-14-28-15-13-26)16-24-21(22-3)23-11-10-20(27)25-18-8-6-7-9-18;/h17-19H,4-16H2,1-3H3,(H,25,27)(H2,22,23,24);1H. The summed E-state index contributed by atoms with van der Waals surface area (Å²) in [6, 6.07) is 0.863. The van der Waals surface area contributed by atoms with Gasteiger partial charge in [-0.15, -0.1) is 24.0 Å². The highest BCUT2D eigenvalue weighted by molar-refractivity contribution is 14.0. The zero-order valence-electron chi connectivity index (χ0n) is 18.5. The topological polar surface area (TPSA) is 78.0 Å². The molecule has 8 heteroatoms. The first-order valence-electron chi connectivity index (χ1n) is 11.2. The number of rotatable bonds is 10. The molecule has 1 aliphatic carbocycles. The van der Waals surface area contributed by atoms with E-state index < -0.39 is 0 Å². The number of morpholine rings is 1. The van der Waals surface area contributed by atoms with Gasteiger partial charge in [-0.3, -0.25) is 14.7 Å². The molecule has 2 aliphatic rings. The smallest absolute Gasteiger partial charge is 0.221 e. The van der Waals surface area contributed by atoms with Crippen molar-refractivity contribution in [1.82, 2.24) is 20.9 Å². The van der Waals surface area contributed by atoms with E-state index in [1.165, 1.54) is 25.7 Å². The van der Waals surface area contributed by atoms with Crippen LogP contribution in [0.2, 0.25) is 0 Å². The van der Waals surface area contributed by atoms with E-state index in [1.807, 2.05) is 0 Å². The molecule has 0 radical (unpaired) electrons. The van der Waals surface area contributed by atoms with Crippen molar-refractivity contribution < 1.29 is 9.53 Å². The van der Waals surface area contributed by atoms with E-state index >= 15 is 0 Å². The Bertz CT molecular complexity index is 476. The van der Waals surface area contributed by atoms with Gasteiger partial charge in [0.15, 0.2) is 5.96 Å². The number of aliphatic imine (C=N–C) groups is 1. The van der Waals surface area contributed by atoms with Crippen molar-refractivity contribution in [1.29, 1.82) is 0 Å². The molecule has 1 amide bonds. The van der Waals surface area contributed by atoms with Crippen LogP contribution < -0.4 is 16.0 Å². The van der Waals surface area contributed by atoms with E-state index in [-0.39, 0.29) is 29.9 Å². The van der Waals surface area contributed by atoms with Gasteiger partial charge in [-0.05, 0) is 18.8 Å². The summed E-state index contributed by atoms with van der Waals surface area (Å²) in [5, 5.41) is 9.92. The molecule has 2 rings (SSSR count). The van der Waals surface area contributed by atoms with E-state index in [2.05, 4.69) is 39.7 Å². The second kappa shape index (κ2) is 15.2. The van der Waals surface area contributed by atoms with E-state index in [9.17, 15) is 4.79 Å². The zero-order chi connectivity index (χ0) is 20.2. The minimum atomic E-state index is 0. The lowest BCUT2D eigenvalue weighted by Gasteiger charge is -2.39. The van der Waals surface area contributed by atoms with Crippen LogP contribution in [-0.4, -0.2) is 75.3 Å². The van der Waals surface area contributed by atoms with Gasteiger partial charge in [-0.2, -0.15) is 0 Å². The van der Waals surface area contributed by atoms with Gasteiger partial charge in [0.2, 0.25) is 5.91 Å².